The average molecular weight is 484 g/mol. The van der Waals surface area contributed by atoms with E-state index in [4.69, 9.17) is 18.9 Å². The van der Waals surface area contributed by atoms with Gasteiger partial charge in [-0.3, -0.25) is 4.90 Å². The Bertz CT molecular complexity index is 902. The molecular formula is C25H34LiNO6S. The molecule has 0 N–H and O–H groups in total. The molecule has 0 spiro atoms. The molecule has 0 bridgehead atoms. The van der Waals surface area contributed by atoms with Gasteiger partial charge in [0.15, 0.2) is 5.79 Å². The zero-order valence-electron chi connectivity index (χ0n) is 21.2. The van der Waals surface area contributed by atoms with E-state index in [-0.39, 0.29) is 38.4 Å². The fourth-order valence-corrected chi connectivity index (χ4v) is 4.63. The molecule has 7 nitrogen and oxygen atoms in total. The van der Waals surface area contributed by atoms with Crippen molar-refractivity contribution in [3.8, 4) is 0 Å². The van der Waals surface area contributed by atoms with Crippen molar-refractivity contribution < 1.29 is 47.7 Å². The van der Waals surface area contributed by atoms with Crippen molar-refractivity contribution in [2.45, 2.75) is 76.9 Å². The third-order valence-electron chi connectivity index (χ3n) is 5.39. The Hall–Kier alpha value is -1.37. The number of carbonyl (C=O) groups is 1. The zero-order chi connectivity index (χ0) is 24.3. The molecule has 2 heterocycles. The van der Waals surface area contributed by atoms with Gasteiger partial charge in [0, 0.05) is 24.3 Å². The van der Waals surface area contributed by atoms with Gasteiger partial charge in [0.25, 0.3) is 0 Å². The van der Waals surface area contributed by atoms with Crippen LogP contribution in [0.4, 0.5) is 4.79 Å². The first kappa shape index (κ1) is 28.9. The minimum Gasteiger partial charge on any atom is -0.824 e. The Morgan fingerprint density at radius 1 is 1.24 bits per heavy atom. The molecule has 2 aromatic rings. The molecule has 0 radical (unpaired) electrons. The largest absolute Gasteiger partial charge is 1.00 e. The second-order valence-electron chi connectivity index (χ2n) is 9.67. The van der Waals surface area contributed by atoms with Gasteiger partial charge < -0.3 is 24.1 Å². The van der Waals surface area contributed by atoms with Crippen LogP contribution < -0.4 is 24.0 Å². The second-order valence-corrected chi connectivity index (χ2v) is 10.6. The summed E-state index contributed by atoms with van der Waals surface area (Å²) in [5, 5.41) is 15.7. The van der Waals surface area contributed by atoms with Crippen LogP contribution >= 0.6 is 11.3 Å². The number of methoxy groups -OCH3 is 1. The summed E-state index contributed by atoms with van der Waals surface area (Å²) in [6.45, 7) is 9.59. The molecule has 1 fully saturated rings. The maximum absolute atomic E-state index is 13.8. The SMILES string of the molecule is COC([O-])(CC(C1COC(C)(C)O1)N(Cc1ccccc1)C(=O)OC(C)(C)C)c1cccs1.[Li+]. The fourth-order valence-electron chi connectivity index (χ4n) is 3.82. The van der Waals surface area contributed by atoms with Gasteiger partial charge in [-0.2, -0.15) is 0 Å². The maximum Gasteiger partial charge on any atom is 1.00 e. The maximum atomic E-state index is 13.8. The summed E-state index contributed by atoms with van der Waals surface area (Å²) in [4.78, 5) is 15.6. The third-order valence-corrected chi connectivity index (χ3v) is 6.38. The predicted molar refractivity (Wildman–Crippen MR) is 125 cm³/mol. The molecule has 1 aliphatic rings. The molecule has 182 valence electrons. The van der Waals surface area contributed by atoms with Crippen molar-refractivity contribution in [3.05, 3.63) is 58.3 Å². The fraction of sp³-hybridized carbons (Fsp3) is 0.560. The minimum atomic E-state index is -1.86. The number of hydrogen-bond donors (Lipinski definition) is 0. The van der Waals surface area contributed by atoms with Crippen LogP contribution in [0.5, 0.6) is 0 Å². The number of rotatable bonds is 8. The van der Waals surface area contributed by atoms with E-state index in [0.717, 1.165) is 5.56 Å². The Morgan fingerprint density at radius 2 is 1.91 bits per heavy atom. The van der Waals surface area contributed by atoms with E-state index in [9.17, 15) is 9.90 Å². The predicted octanol–water partition coefficient (Wildman–Crippen LogP) is 1.26. The zero-order valence-corrected chi connectivity index (χ0v) is 22.0. The number of hydrogen-bond acceptors (Lipinski definition) is 7. The molecule has 3 unspecified atom stereocenters. The van der Waals surface area contributed by atoms with Crippen molar-refractivity contribution in [1.82, 2.24) is 4.90 Å². The van der Waals surface area contributed by atoms with Crippen molar-refractivity contribution in [3.63, 3.8) is 0 Å². The summed E-state index contributed by atoms with van der Waals surface area (Å²) in [5.41, 5.74) is 0.212. The smallest absolute Gasteiger partial charge is 0.824 e. The molecule has 1 aromatic carbocycles. The van der Waals surface area contributed by atoms with Gasteiger partial charge in [-0.1, -0.05) is 36.4 Å². The van der Waals surface area contributed by atoms with Crippen LogP contribution in [0.15, 0.2) is 47.8 Å². The number of ether oxygens (including phenoxy) is 4. The van der Waals surface area contributed by atoms with Crippen molar-refractivity contribution >= 4 is 17.4 Å². The summed E-state index contributed by atoms with van der Waals surface area (Å²) >= 11 is 1.33. The second kappa shape index (κ2) is 11.6. The van der Waals surface area contributed by atoms with Crippen molar-refractivity contribution in [2.75, 3.05) is 13.7 Å². The average Bonchev–Trinajstić information content (AvgIpc) is 3.40. The summed E-state index contributed by atoms with van der Waals surface area (Å²) in [6.07, 6.45) is -1.07. The topological polar surface area (TPSA) is 80.3 Å². The van der Waals surface area contributed by atoms with Crippen LogP contribution in [-0.4, -0.2) is 48.2 Å². The van der Waals surface area contributed by atoms with Crippen LogP contribution in [0.3, 0.4) is 0 Å². The monoisotopic (exact) mass is 483 g/mol. The van der Waals surface area contributed by atoms with Gasteiger partial charge in [-0.25, -0.2) is 4.79 Å². The molecule has 1 saturated heterocycles. The summed E-state index contributed by atoms with van der Waals surface area (Å²) in [6, 6.07) is 12.5. The molecule has 3 rings (SSSR count). The Labute approximate surface area is 218 Å². The number of benzene rings is 1. The minimum absolute atomic E-state index is 0. The van der Waals surface area contributed by atoms with Gasteiger partial charge in [0.1, 0.15) is 11.7 Å². The quantitative estimate of drug-likeness (QED) is 0.416. The van der Waals surface area contributed by atoms with Gasteiger partial charge in [-0.05, 0) is 58.0 Å². The normalized spacial score (nSPS) is 20.1. The van der Waals surface area contributed by atoms with Crippen molar-refractivity contribution in [2.24, 2.45) is 0 Å². The number of nitrogens with zero attached hydrogens (tertiary/aromatic N) is 1. The first-order valence-electron chi connectivity index (χ1n) is 11.1. The van der Waals surface area contributed by atoms with E-state index < -0.39 is 35.4 Å². The van der Waals surface area contributed by atoms with Gasteiger partial charge in [0.05, 0.1) is 12.6 Å². The van der Waals surface area contributed by atoms with E-state index in [1.165, 1.54) is 18.4 Å². The van der Waals surface area contributed by atoms with Crippen LogP contribution in [-0.2, 0) is 31.3 Å². The molecule has 0 aliphatic carbocycles. The van der Waals surface area contributed by atoms with Crippen LogP contribution in [0.2, 0.25) is 0 Å². The molecule has 1 amide bonds. The number of thiophene rings is 1. The first-order valence-corrected chi connectivity index (χ1v) is 12.0. The first-order chi connectivity index (χ1) is 15.4. The molecule has 3 atom stereocenters. The number of carbonyl (C=O) groups excluding carboxylic acids is 1. The van der Waals surface area contributed by atoms with E-state index in [1.54, 1.807) is 11.0 Å². The Kier molecular flexibility index (Phi) is 9.83. The molecule has 9 heteroatoms. The van der Waals surface area contributed by atoms with Crippen LogP contribution in [0, 0.1) is 0 Å². The molecule has 1 aromatic heterocycles. The third kappa shape index (κ3) is 7.56. The van der Waals surface area contributed by atoms with Gasteiger partial charge >= 0.3 is 25.0 Å². The molecular weight excluding hydrogens is 449 g/mol. The van der Waals surface area contributed by atoms with E-state index in [1.807, 2.05) is 76.4 Å². The molecule has 1 aliphatic heterocycles. The van der Waals surface area contributed by atoms with Crippen LogP contribution in [0.25, 0.3) is 0 Å². The summed E-state index contributed by atoms with van der Waals surface area (Å²) in [7, 11) is 1.40. The van der Waals surface area contributed by atoms with E-state index >= 15 is 0 Å². The van der Waals surface area contributed by atoms with Crippen molar-refractivity contribution in [1.29, 1.82) is 0 Å². The van der Waals surface area contributed by atoms with Gasteiger partial charge in [0.2, 0.25) is 0 Å². The Balaban J connectivity index is 0.00000408. The van der Waals surface area contributed by atoms with E-state index in [0.29, 0.717) is 4.88 Å². The summed E-state index contributed by atoms with van der Waals surface area (Å²) in [5.74, 6) is -2.68. The molecule has 34 heavy (non-hydrogen) atoms. The summed E-state index contributed by atoms with van der Waals surface area (Å²) < 4.78 is 23.2. The molecule has 0 saturated carbocycles. The van der Waals surface area contributed by atoms with Gasteiger partial charge in [-0.15, -0.1) is 11.3 Å². The number of amides is 1. The Morgan fingerprint density at radius 3 is 2.41 bits per heavy atom. The standard InChI is InChI=1S/C25H34NO6S.Li/c1-23(2,3)32-22(27)26(16-18-11-8-7-9-12-18)19(20-17-30-24(4,5)31-20)15-25(28,29-6)21-13-10-14-33-21;/h7-14,19-20H,15-17H2,1-6H3;/q-1;+1. The van der Waals surface area contributed by atoms with E-state index in [2.05, 4.69) is 0 Å². The van der Waals surface area contributed by atoms with Crippen LogP contribution in [0.1, 0.15) is 51.5 Å².